The summed E-state index contributed by atoms with van der Waals surface area (Å²) in [5.74, 6) is -0.345. The Hall–Kier alpha value is -0.540. The zero-order valence-corrected chi connectivity index (χ0v) is 13.5. The fraction of sp³-hybridized carbons (Fsp3) is 0.786. The average Bonchev–Trinajstić information content (AvgIpc) is 2.16. The number of carbonyl (C=O) groups excluding carboxylic acids is 1. The van der Waals surface area contributed by atoms with E-state index in [1.54, 1.807) is 0 Å². The molecule has 0 aliphatic heterocycles. The largest absolute Gasteiger partial charge is 1.00 e. The third kappa shape index (κ3) is 3.72. The molecule has 0 aromatic carbocycles. The van der Waals surface area contributed by atoms with Gasteiger partial charge in [-0.3, -0.25) is 4.48 Å². The van der Waals surface area contributed by atoms with Crippen LogP contribution in [0.1, 0.15) is 48.5 Å². The first-order valence-electron chi connectivity index (χ1n) is 6.42. The molecule has 0 saturated carbocycles. The van der Waals surface area contributed by atoms with Crippen molar-refractivity contribution in [2.75, 3.05) is 0 Å². The summed E-state index contributed by atoms with van der Waals surface area (Å²) in [6.07, 6.45) is 1.06. The minimum Gasteiger partial charge on any atom is -1.00 e. The van der Waals surface area contributed by atoms with Crippen LogP contribution in [0.5, 0.6) is 0 Å². The molecule has 18 heavy (non-hydrogen) atoms. The molecule has 0 aromatic rings. The van der Waals surface area contributed by atoms with Gasteiger partial charge >= 0.3 is 5.97 Å². The van der Waals surface area contributed by atoms with Crippen LogP contribution in [0.15, 0.2) is 12.7 Å². The highest BCUT2D eigenvalue weighted by molar-refractivity contribution is 5.81. The zero-order chi connectivity index (χ0) is 13.8. The predicted molar refractivity (Wildman–Crippen MR) is 71.4 cm³/mol. The SMILES string of the molecule is C=CC(=O)OC(C)[N+](C(C)C)(C(C)C)C(C)C.[Cl-]. The van der Waals surface area contributed by atoms with Crippen molar-refractivity contribution >= 4 is 5.97 Å². The second kappa shape index (κ2) is 7.80. The lowest BCUT2D eigenvalue weighted by Gasteiger charge is -2.51. The molecule has 0 aliphatic rings. The topological polar surface area (TPSA) is 26.3 Å². The van der Waals surface area contributed by atoms with Crippen LogP contribution < -0.4 is 12.4 Å². The van der Waals surface area contributed by atoms with Crippen molar-refractivity contribution in [3.63, 3.8) is 0 Å². The van der Waals surface area contributed by atoms with E-state index in [0.717, 1.165) is 4.48 Å². The second-order valence-electron chi connectivity index (χ2n) is 5.42. The summed E-state index contributed by atoms with van der Waals surface area (Å²) in [7, 11) is 0. The Morgan fingerprint density at radius 2 is 1.33 bits per heavy atom. The Balaban J connectivity index is 0. The molecule has 0 bridgehead atoms. The molecule has 0 spiro atoms. The van der Waals surface area contributed by atoms with Gasteiger partial charge in [0.1, 0.15) is 0 Å². The van der Waals surface area contributed by atoms with Gasteiger partial charge in [0.2, 0.25) is 6.23 Å². The monoisotopic (exact) mass is 277 g/mol. The number of hydrogen-bond donors (Lipinski definition) is 0. The van der Waals surface area contributed by atoms with Crippen molar-refractivity contribution in [3.05, 3.63) is 12.7 Å². The minimum absolute atomic E-state index is 0. The second-order valence-corrected chi connectivity index (χ2v) is 5.42. The number of carbonyl (C=O) groups is 1. The molecule has 0 amide bonds. The van der Waals surface area contributed by atoms with Crippen LogP contribution in [0, 0.1) is 0 Å². The summed E-state index contributed by atoms with van der Waals surface area (Å²) < 4.78 is 6.23. The van der Waals surface area contributed by atoms with Crippen LogP contribution in [-0.2, 0) is 9.53 Å². The average molecular weight is 278 g/mol. The predicted octanol–water partition coefficient (Wildman–Crippen LogP) is 0.108. The standard InChI is InChI=1S/C14H28NO2.ClH/c1-9-14(16)17-13(8)15(10(2)3,11(4)5)12(6)7;/h9-13H,1H2,2-8H3;1H/q+1;/p-1. The Morgan fingerprint density at radius 3 is 1.56 bits per heavy atom. The van der Waals surface area contributed by atoms with Gasteiger partial charge in [0, 0.05) is 13.0 Å². The van der Waals surface area contributed by atoms with Crippen molar-refractivity contribution in [1.82, 2.24) is 0 Å². The Morgan fingerprint density at radius 1 is 1.00 bits per heavy atom. The van der Waals surface area contributed by atoms with Crippen LogP contribution in [0.2, 0.25) is 0 Å². The van der Waals surface area contributed by atoms with E-state index in [1.165, 1.54) is 6.08 Å². The van der Waals surface area contributed by atoms with E-state index in [0.29, 0.717) is 18.1 Å². The molecule has 0 saturated heterocycles. The molecule has 0 aromatic heterocycles. The molecule has 1 atom stereocenters. The van der Waals surface area contributed by atoms with E-state index in [9.17, 15) is 4.79 Å². The number of hydrogen-bond acceptors (Lipinski definition) is 2. The Labute approximate surface area is 118 Å². The molecule has 0 fully saturated rings. The van der Waals surface area contributed by atoms with Gasteiger partial charge in [-0.1, -0.05) is 6.58 Å². The van der Waals surface area contributed by atoms with Crippen molar-refractivity contribution < 1.29 is 26.4 Å². The number of ether oxygens (including phenoxy) is 1. The Kier molecular flexibility index (Phi) is 8.58. The van der Waals surface area contributed by atoms with E-state index >= 15 is 0 Å². The van der Waals surface area contributed by atoms with Crippen LogP contribution in [0.25, 0.3) is 0 Å². The smallest absolute Gasteiger partial charge is 0.334 e. The molecule has 108 valence electrons. The number of rotatable bonds is 6. The quantitative estimate of drug-likeness (QED) is 0.298. The summed E-state index contributed by atoms with van der Waals surface area (Å²) in [6.45, 7) is 18.5. The fourth-order valence-electron chi connectivity index (χ4n) is 3.36. The third-order valence-electron chi connectivity index (χ3n) is 3.77. The first-order valence-corrected chi connectivity index (χ1v) is 6.42. The van der Waals surface area contributed by atoms with Crippen LogP contribution in [0.4, 0.5) is 0 Å². The fourth-order valence-corrected chi connectivity index (χ4v) is 3.36. The van der Waals surface area contributed by atoms with Crippen molar-refractivity contribution in [2.45, 2.75) is 72.8 Å². The van der Waals surface area contributed by atoms with Gasteiger partial charge in [-0.2, -0.15) is 0 Å². The van der Waals surface area contributed by atoms with Crippen molar-refractivity contribution in [2.24, 2.45) is 0 Å². The highest BCUT2D eigenvalue weighted by atomic mass is 35.5. The number of nitrogens with zero attached hydrogens (tertiary/aromatic N) is 1. The molecule has 4 heteroatoms. The highest BCUT2D eigenvalue weighted by Crippen LogP contribution is 2.29. The maximum atomic E-state index is 11.4. The lowest BCUT2D eigenvalue weighted by atomic mass is 10.0. The van der Waals surface area contributed by atoms with Gasteiger partial charge in [-0.15, -0.1) is 0 Å². The Bertz CT molecular complexity index is 253. The summed E-state index contributed by atoms with van der Waals surface area (Å²) in [4.78, 5) is 11.4. The van der Waals surface area contributed by atoms with E-state index in [-0.39, 0.29) is 24.6 Å². The molecule has 0 rings (SSSR count). The van der Waals surface area contributed by atoms with Gasteiger partial charge in [0.05, 0.1) is 18.1 Å². The third-order valence-corrected chi connectivity index (χ3v) is 3.77. The van der Waals surface area contributed by atoms with Gasteiger partial charge in [0.15, 0.2) is 0 Å². The number of halogens is 1. The summed E-state index contributed by atoms with van der Waals surface area (Å²) in [5, 5.41) is 0. The van der Waals surface area contributed by atoms with Gasteiger partial charge in [-0.25, -0.2) is 4.79 Å². The van der Waals surface area contributed by atoms with Crippen molar-refractivity contribution in [3.8, 4) is 0 Å². The molecule has 0 radical (unpaired) electrons. The van der Waals surface area contributed by atoms with Gasteiger partial charge in [0.25, 0.3) is 0 Å². The molecule has 0 heterocycles. The van der Waals surface area contributed by atoms with Gasteiger partial charge in [-0.05, 0) is 41.5 Å². The van der Waals surface area contributed by atoms with E-state index in [4.69, 9.17) is 4.74 Å². The molecule has 0 aliphatic carbocycles. The van der Waals surface area contributed by atoms with Crippen LogP contribution >= 0.6 is 0 Å². The lowest BCUT2D eigenvalue weighted by molar-refractivity contribution is -1.02. The maximum Gasteiger partial charge on any atom is 0.334 e. The summed E-state index contributed by atoms with van der Waals surface area (Å²) in [6, 6.07) is 1.17. The highest BCUT2D eigenvalue weighted by Gasteiger charge is 2.44. The minimum atomic E-state index is -0.345. The first-order chi connectivity index (χ1) is 7.71. The van der Waals surface area contributed by atoms with Crippen LogP contribution in [0.3, 0.4) is 0 Å². The molecule has 0 N–H and O–H groups in total. The number of esters is 1. The molecule has 1 unspecified atom stereocenters. The molecular formula is C14H28ClNO2. The first kappa shape index (κ1) is 19.8. The zero-order valence-electron chi connectivity index (χ0n) is 12.7. The van der Waals surface area contributed by atoms with E-state index in [1.807, 2.05) is 6.92 Å². The van der Waals surface area contributed by atoms with E-state index < -0.39 is 0 Å². The normalized spacial score (nSPS) is 13.4. The lowest BCUT2D eigenvalue weighted by Crippen LogP contribution is -3.00. The van der Waals surface area contributed by atoms with E-state index in [2.05, 4.69) is 48.1 Å². The summed E-state index contributed by atoms with van der Waals surface area (Å²) >= 11 is 0. The maximum absolute atomic E-state index is 11.4. The van der Waals surface area contributed by atoms with Crippen molar-refractivity contribution in [1.29, 1.82) is 0 Å². The molecular weight excluding hydrogens is 250 g/mol. The van der Waals surface area contributed by atoms with Crippen LogP contribution in [-0.4, -0.2) is 34.8 Å². The van der Waals surface area contributed by atoms with Gasteiger partial charge < -0.3 is 17.1 Å². The number of quaternary nitrogens is 1. The summed E-state index contributed by atoms with van der Waals surface area (Å²) in [5.41, 5.74) is 0. The molecule has 3 nitrogen and oxygen atoms in total.